The highest BCUT2D eigenvalue weighted by Crippen LogP contribution is 2.31. The molecule has 0 aromatic heterocycles. The van der Waals surface area contributed by atoms with Crippen LogP contribution in [-0.4, -0.2) is 32.2 Å². The third-order valence-corrected chi connectivity index (χ3v) is 3.37. The van der Waals surface area contributed by atoms with Gasteiger partial charge in [-0.05, 0) is 29.8 Å². The first-order chi connectivity index (χ1) is 11.3. The predicted molar refractivity (Wildman–Crippen MR) is 89.4 cm³/mol. The van der Waals surface area contributed by atoms with E-state index in [1.165, 1.54) is 22.4 Å². The van der Waals surface area contributed by atoms with Gasteiger partial charge in [-0.1, -0.05) is 24.3 Å². The highest BCUT2D eigenvalue weighted by molar-refractivity contribution is 6.50. The van der Waals surface area contributed by atoms with E-state index in [4.69, 9.17) is 4.74 Å². The Morgan fingerprint density at radius 3 is 2.12 bits per heavy atom. The van der Waals surface area contributed by atoms with Crippen molar-refractivity contribution in [2.24, 2.45) is 0 Å². The molecule has 0 atom stereocenters. The maximum absolute atomic E-state index is 9.75. The maximum Gasteiger partial charge on any atom is 0.673 e. The standard InChI is InChI=1S/C17H16NO.BF4/c1-18-12-14(16-5-3-4-6-17(16)18)11-13-7-9-15(19-2)10-8-13;2-1(3,4)5/h3-12H,1-2H3;/q+1;-1/b14-11+;. The Bertz CT molecular complexity index is 761. The van der Waals surface area contributed by atoms with Crippen LogP contribution in [0.1, 0.15) is 11.1 Å². The molecule has 0 N–H and O–H groups in total. The molecule has 0 aliphatic carbocycles. The van der Waals surface area contributed by atoms with Crippen molar-refractivity contribution < 1.29 is 26.6 Å². The Labute approximate surface area is 137 Å². The topological polar surface area (TPSA) is 12.2 Å². The number of methoxy groups -OCH3 is 1. The monoisotopic (exact) mass is 337 g/mol. The van der Waals surface area contributed by atoms with Gasteiger partial charge < -0.3 is 22.0 Å². The molecular formula is C17H16BF4NO. The molecule has 0 unspecified atom stereocenters. The van der Waals surface area contributed by atoms with Crippen molar-refractivity contribution in [3.05, 3.63) is 59.7 Å². The van der Waals surface area contributed by atoms with Gasteiger partial charge in [0, 0.05) is 6.07 Å². The fourth-order valence-electron chi connectivity index (χ4n) is 2.37. The molecule has 0 saturated carbocycles. The van der Waals surface area contributed by atoms with Crippen LogP contribution < -0.4 is 4.74 Å². The smallest absolute Gasteiger partial charge is 0.497 e. The molecule has 2 aromatic rings. The molecule has 2 nitrogen and oxygen atoms in total. The fraction of sp³-hybridized carbons (Fsp3) is 0.118. The third kappa shape index (κ3) is 4.98. The number of benzene rings is 2. The van der Waals surface area contributed by atoms with Gasteiger partial charge in [0.15, 0.2) is 6.21 Å². The van der Waals surface area contributed by atoms with Crippen molar-refractivity contribution in [2.75, 3.05) is 14.2 Å². The summed E-state index contributed by atoms with van der Waals surface area (Å²) in [7, 11) is -2.24. The van der Waals surface area contributed by atoms with E-state index < -0.39 is 7.25 Å². The van der Waals surface area contributed by atoms with Crippen LogP contribution in [0.4, 0.5) is 23.0 Å². The second-order valence-electron chi connectivity index (χ2n) is 5.12. The number of para-hydroxylation sites is 1. The molecule has 1 aliphatic rings. The zero-order valence-electron chi connectivity index (χ0n) is 13.2. The normalized spacial score (nSPS) is 14.6. The molecule has 1 aliphatic heterocycles. The van der Waals surface area contributed by atoms with Crippen LogP contribution in [0.15, 0.2) is 48.5 Å². The fourth-order valence-corrected chi connectivity index (χ4v) is 2.37. The summed E-state index contributed by atoms with van der Waals surface area (Å²) < 4.78 is 46.3. The van der Waals surface area contributed by atoms with Crippen LogP contribution in [0.5, 0.6) is 5.75 Å². The SMILES string of the molecule is COc1ccc(/C=C2\C=[N+](C)c3ccccc32)cc1.F[B-](F)(F)F. The Morgan fingerprint density at radius 1 is 0.958 bits per heavy atom. The Morgan fingerprint density at radius 2 is 1.54 bits per heavy atom. The van der Waals surface area contributed by atoms with Gasteiger partial charge in [0.25, 0.3) is 0 Å². The number of ether oxygens (including phenoxy) is 1. The van der Waals surface area contributed by atoms with Gasteiger partial charge in [-0.2, -0.15) is 0 Å². The van der Waals surface area contributed by atoms with Crippen molar-refractivity contribution in [2.45, 2.75) is 0 Å². The van der Waals surface area contributed by atoms with E-state index in [0.717, 1.165) is 5.75 Å². The minimum absolute atomic E-state index is 0.884. The van der Waals surface area contributed by atoms with Crippen molar-refractivity contribution in [3.8, 4) is 5.75 Å². The van der Waals surface area contributed by atoms with Gasteiger partial charge in [-0.25, -0.2) is 4.58 Å². The van der Waals surface area contributed by atoms with E-state index in [2.05, 4.69) is 60.3 Å². The first-order valence-electron chi connectivity index (χ1n) is 7.18. The van der Waals surface area contributed by atoms with Gasteiger partial charge in [0.05, 0.1) is 18.2 Å². The molecule has 0 bridgehead atoms. The number of allylic oxidation sites excluding steroid dienone is 1. The second-order valence-corrected chi connectivity index (χ2v) is 5.12. The molecule has 7 heteroatoms. The number of fused-ring (bicyclic) bond motifs is 1. The Kier molecular flexibility index (Phi) is 5.44. The summed E-state index contributed by atoms with van der Waals surface area (Å²) in [6.45, 7) is 0. The van der Waals surface area contributed by atoms with Crippen molar-refractivity contribution in [1.29, 1.82) is 0 Å². The van der Waals surface area contributed by atoms with Gasteiger partial charge in [-0.3, -0.25) is 0 Å². The Balaban J connectivity index is 0.000000368. The molecular weight excluding hydrogens is 321 g/mol. The molecule has 1 heterocycles. The lowest BCUT2D eigenvalue weighted by molar-refractivity contribution is -0.395. The maximum atomic E-state index is 9.75. The summed E-state index contributed by atoms with van der Waals surface area (Å²) in [5.41, 5.74) is 4.95. The molecule has 2 aromatic carbocycles. The predicted octanol–water partition coefficient (Wildman–Crippen LogP) is 4.89. The average Bonchev–Trinajstić information content (AvgIpc) is 2.83. The Hall–Kier alpha value is -2.57. The summed E-state index contributed by atoms with van der Waals surface area (Å²) in [5, 5.41) is 0. The van der Waals surface area contributed by atoms with Crippen molar-refractivity contribution >= 4 is 30.8 Å². The zero-order chi connectivity index (χ0) is 17.7. The third-order valence-electron chi connectivity index (χ3n) is 3.37. The van der Waals surface area contributed by atoms with Crippen LogP contribution in [0.3, 0.4) is 0 Å². The number of hydrogen-bond acceptors (Lipinski definition) is 1. The number of nitrogens with zero attached hydrogens (tertiary/aromatic N) is 1. The lowest BCUT2D eigenvalue weighted by atomic mass is 10.0. The van der Waals surface area contributed by atoms with E-state index in [1.807, 2.05) is 12.1 Å². The summed E-state index contributed by atoms with van der Waals surface area (Å²) in [4.78, 5) is 0. The minimum atomic E-state index is -6.00. The lowest BCUT2D eigenvalue weighted by Gasteiger charge is -2.00. The largest absolute Gasteiger partial charge is 0.673 e. The first kappa shape index (κ1) is 17.8. The van der Waals surface area contributed by atoms with Crippen molar-refractivity contribution in [3.63, 3.8) is 0 Å². The highest BCUT2D eigenvalue weighted by atomic mass is 19.5. The molecule has 0 amide bonds. The van der Waals surface area contributed by atoms with E-state index in [-0.39, 0.29) is 0 Å². The van der Waals surface area contributed by atoms with E-state index >= 15 is 0 Å². The van der Waals surface area contributed by atoms with Crippen LogP contribution in [0.2, 0.25) is 0 Å². The second kappa shape index (κ2) is 7.34. The van der Waals surface area contributed by atoms with Crippen LogP contribution in [0.25, 0.3) is 11.6 Å². The van der Waals surface area contributed by atoms with Crippen LogP contribution >= 0.6 is 0 Å². The number of hydrogen-bond donors (Lipinski definition) is 0. The van der Waals surface area contributed by atoms with Gasteiger partial charge in [0.2, 0.25) is 5.69 Å². The van der Waals surface area contributed by atoms with Crippen LogP contribution in [-0.2, 0) is 0 Å². The summed E-state index contributed by atoms with van der Waals surface area (Å²) in [5.74, 6) is 0.884. The number of rotatable bonds is 2. The molecule has 24 heavy (non-hydrogen) atoms. The zero-order valence-corrected chi connectivity index (χ0v) is 13.2. The molecule has 0 saturated heterocycles. The first-order valence-corrected chi connectivity index (χ1v) is 7.18. The van der Waals surface area contributed by atoms with E-state index in [0.29, 0.717) is 0 Å². The van der Waals surface area contributed by atoms with Gasteiger partial charge >= 0.3 is 7.25 Å². The molecule has 3 rings (SSSR count). The molecule has 0 fully saturated rings. The average molecular weight is 337 g/mol. The highest BCUT2D eigenvalue weighted by Gasteiger charge is 2.22. The van der Waals surface area contributed by atoms with E-state index in [9.17, 15) is 17.3 Å². The van der Waals surface area contributed by atoms with E-state index in [1.54, 1.807) is 7.11 Å². The lowest BCUT2D eigenvalue weighted by Crippen LogP contribution is -2.02. The molecule has 0 spiro atoms. The quantitative estimate of drug-likeness (QED) is 0.432. The molecule has 0 radical (unpaired) electrons. The number of halogens is 4. The van der Waals surface area contributed by atoms with Crippen LogP contribution in [0, 0.1) is 0 Å². The summed E-state index contributed by atoms with van der Waals surface area (Å²) in [6.07, 6.45) is 4.36. The van der Waals surface area contributed by atoms with Gasteiger partial charge in [-0.15, -0.1) is 0 Å². The summed E-state index contributed by atoms with van der Waals surface area (Å²) in [6, 6.07) is 16.5. The minimum Gasteiger partial charge on any atom is -0.497 e. The summed E-state index contributed by atoms with van der Waals surface area (Å²) >= 11 is 0. The van der Waals surface area contributed by atoms with Crippen molar-refractivity contribution in [1.82, 2.24) is 0 Å². The van der Waals surface area contributed by atoms with Gasteiger partial charge in [0.1, 0.15) is 12.8 Å². The molecule has 126 valence electrons.